The molecule has 8 nitrogen and oxygen atoms in total. The summed E-state index contributed by atoms with van der Waals surface area (Å²) in [5, 5.41) is 17.4. The van der Waals surface area contributed by atoms with Gasteiger partial charge in [-0.2, -0.15) is 5.10 Å². The van der Waals surface area contributed by atoms with E-state index in [1.807, 2.05) is 13.0 Å². The van der Waals surface area contributed by atoms with Gasteiger partial charge in [-0.05, 0) is 13.0 Å². The van der Waals surface area contributed by atoms with Crippen LogP contribution in [0.5, 0.6) is 0 Å². The number of aromatic nitrogens is 5. The second kappa shape index (κ2) is 6.71. The Hall–Kier alpha value is -2.20. The maximum Gasteiger partial charge on any atom is 0.277 e. The minimum Gasteiger partial charge on any atom is -0.414 e. The maximum absolute atomic E-state index is 11.7. The van der Waals surface area contributed by atoms with Gasteiger partial charge in [0, 0.05) is 23.5 Å². The van der Waals surface area contributed by atoms with Gasteiger partial charge in [0.05, 0.1) is 5.75 Å². The molecule has 3 heterocycles. The van der Waals surface area contributed by atoms with Gasteiger partial charge in [0.2, 0.25) is 11.8 Å². The number of carbonyl (C=O) groups is 1. The number of amides is 1. The van der Waals surface area contributed by atoms with Crippen LogP contribution in [-0.2, 0) is 11.3 Å². The predicted octanol–water partition coefficient (Wildman–Crippen LogP) is 1.81. The van der Waals surface area contributed by atoms with Gasteiger partial charge in [0.1, 0.15) is 6.54 Å². The van der Waals surface area contributed by atoms with E-state index < -0.39 is 0 Å². The van der Waals surface area contributed by atoms with Gasteiger partial charge >= 0.3 is 0 Å². The summed E-state index contributed by atoms with van der Waals surface area (Å²) in [4.78, 5) is 15.7. The molecule has 0 radical (unpaired) electrons. The summed E-state index contributed by atoms with van der Waals surface area (Å²) >= 11 is 2.55. The van der Waals surface area contributed by atoms with Crippen LogP contribution in [0.1, 0.15) is 11.6 Å². The molecule has 114 valence electrons. The Labute approximate surface area is 134 Å². The molecule has 10 heteroatoms. The van der Waals surface area contributed by atoms with Crippen molar-refractivity contribution in [2.75, 3.05) is 11.1 Å². The number of thioether (sulfide) groups is 1. The first-order chi connectivity index (χ1) is 10.7. The summed E-state index contributed by atoms with van der Waals surface area (Å²) in [5.74, 6) is 0.472. The molecule has 1 N–H and O–H groups in total. The molecule has 3 aromatic rings. The van der Waals surface area contributed by atoms with Crippen molar-refractivity contribution in [1.29, 1.82) is 0 Å². The zero-order valence-electron chi connectivity index (χ0n) is 11.6. The molecule has 0 aliphatic carbocycles. The van der Waals surface area contributed by atoms with Gasteiger partial charge in [-0.15, -0.1) is 21.5 Å². The van der Waals surface area contributed by atoms with Crippen LogP contribution < -0.4 is 5.32 Å². The van der Waals surface area contributed by atoms with E-state index in [1.165, 1.54) is 23.1 Å². The van der Waals surface area contributed by atoms with Gasteiger partial charge in [0.25, 0.3) is 5.22 Å². The highest BCUT2D eigenvalue weighted by atomic mass is 32.2. The predicted molar refractivity (Wildman–Crippen MR) is 81.8 cm³/mol. The van der Waals surface area contributed by atoms with Gasteiger partial charge in [-0.3, -0.25) is 9.48 Å². The summed E-state index contributed by atoms with van der Waals surface area (Å²) in [5.41, 5.74) is 1.01. The Balaban J connectivity index is 1.51. The molecule has 3 aromatic heterocycles. The number of hydrogen-bond donors (Lipinski definition) is 1. The van der Waals surface area contributed by atoms with Crippen LogP contribution in [0.4, 0.5) is 5.13 Å². The van der Waals surface area contributed by atoms with Crippen LogP contribution in [0.25, 0.3) is 0 Å². The van der Waals surface area contributed by atoms with Crippen LogP contribution >= 0.6 is 23.1 Å². The Morgan fingerprint density at radius 2 is 2.36 bits per heavy atom. The average Bonchev–Trinajstić information content (AvgIpc) is 3.22. The lowest BCUT2D eigenvalue weighted by atomic mass is 10.5. The van der Waals surface area contributed by atoms with E-state index in [-0.39, 0.29) is 11.7 Å². The number of nitrogens with one attached hydrogen (secondary N) is 1. The SMILES string of the molecule is Cc1ccnn1Cc1nnc(SCC(=O)Nc2nccs2)o1. The highest BCUT2D eigenvalue weighted by molar-refractivity contribution is 7.99. The van der Waals surface area contributed by atoms with E-state index in [2.05, 4.69) is 25.6 Å². The van der Waals surface area contributed by atoms with E-state index in [0.717, 1.165) is 5.69 Å². The van der Waals surface area contributed by atoms with Crippen molar-refractivity contribution in [3.63, 3.8) is 0 Å². The zero-order valence-corrected chi connectivity index (χ0v) is 13.2. The van der Waals surface area contributed by atoms with Crippen LogP contribution in [0, 0.1) is 6.92 Å². The molecular formula is C12H12N6O2S2. The second-order valence-corrected chi connectivity index (χ2v) is 6.09. The lowest BCUT2D eigenvalue weighted by molar-refractivity contribution is -0.113. The monoisotopic (exact) mass is 336 g/mol. The van der Waals surface area contributed by atoms with Crippen LogP contribution in [0.2, 0.25) is 0 Å². The summed E-state index contributed by atoms with van der Waals surface area (Å²) in [7, 11) is 0. The van der Waals surface area contributed by atoms with E-state index in [9.17, 15) is 4.79 Å². The number of rotatable bonds is 6. The average molecular weight is 336 g/mol. The number of hydrogen-bond acceptors (Lipinski definition) is 8. The molecule has 0 bridgehead atoms. The summed E-state index contributed by atoms with van der Waals surface area (Å²) in [6.07, 6.45) is 3.35. The molecule has 3 rings (SSSR count). The first-order valence-corrected chi connectivity index (χ1v) is 8.20. The Bertz CT molecular complexity index is 751. The number of carbonyl (C=O) groups excluding carboxylic acids is 1. The number of thiazole rings is 1. The third-order valence-electron chi connectivity index (χ3n) is 2.67. The van der Waals surface area contributed by atoms with E-state index in [4.69, 9.17) is 4.42 Å². The lowest BCUT2D eigenvalue weighted by Gasteiger charge is -1.99. The van der Waals surface area contributed by atoms with Gasteiger partial charge < -0.3 is 9.73 Å². The van der Waals surface area contributed by atoms with Gasteiger partial charge in [-0.25, -0.2) is 4.98 Å². The highest BCUT2D eigenvalue weighted by Crippen LogP contribution is 2.18. The van der Waals surface area contributed by atoms with E-state index in [0.29, 0.717) is 22.8 Å². The third kappa shape index (κ3) is 3.71. The zero-order chi connectivity index (χ0) is 15.4. The Morgan fingerprint density at radius 1 is 1.45 bits per heavy atom. The fraction of sp³-hybridized carbons (Fsp3) is 0.250. The summed E-state index contributed by atoms with van der Waals surface area (Å²) < 4.78 is 7.25. The molecule has 0 saturated carbocycles. The number of anilines is 1. The maximum atomic E-state index is 11.7. The highest BCUT2D eigenvalue weighted by Gasteiger charge is 2.11. The van der Waals surface area contributed by atoms with E-state index in [1.54, 1.807) is 22.5 Å². The minimum atomic E-state index is -0.164. The van der Waals surface area contributed by atoms with Crippen LogP contribution in [0.15, 0.2) is 33.5 Å². The quantitative estimate of drug-likeness (QED) is 0.685. The van der Waals surface area contributed by atoms with Crippen molar-refractivity contribution in [3.05, 3.63) is 35.4 Å². The lowest BCUT2D eigenvalue weighted by Crippen LogP contribution is -2.13. The standard InChI is InChI=1S/C12H12N6O2S2/c1-8-2-3-14-18(8)6-10-16-17-12(20-10)22-7-9(19)15-11-13-4-5-21-11/h2-5H,6-7H2,1H3,(H,13,15,19). The molecule has 0 spiro atoms. The molecule has 1 amide bonds. The summed E-state index contributed by atoms with van der Waals surface area (Å²) in [6.45, 7) is 2.36. The topological polar surface area (TPSA) is 98.7 Å². The minimum absolute atomic E-state index is 0.164. The molecule has 0 fully saturated rings. The van der Waals surface area contributed by atoms with Crippen molar-refractivity contribution >= 4 is 34.1 Å². The molecule has 0 atom stereocenters. The fourth-order valence-electron chi connectivity index (χ4n) is 1.62. The normalized spacial score (nSPS) is 10.8. The first-order valence-electron chi connectivity index (χ1n) is 6.33. The third-order valence-corrected chi connectivity index (χ3v) is 4.17. The van der Waals surface area contributed by atoms with Gasteiger partial charge in [-0.1, -0.05) is 11.8 Å². The molecule has 0 aliphatic rings. The van der Waals surface area contributed by atoms with Crippen LogP contribution in [0.3, 0.4) is 0 Å². The number of aryl methyl sites for hydroxylation is 1. The molecule has 0 unspecified atom stereocenters. The Kier molecular flexibility index (Phi) is 4.49. The molecule has 22 heavy (non-hydrogen) atoms. The molecular weight excluding hydrogens is 324 g/mol. The molecule has 0 aliphatic heterocycles. The van der Waals surface area contributed by atoms with Crippen molar-refractivity contribution in [2.45, 2.75) is 18.7 Å². The summed E-state index contributed by atoms with van der Waals surface area (Å²) in [6, 6.07) is 1.90. The largest absolute Gasteiger partial charge is 0.414 e. The van der Waals surface area contributed by atoms with Crippen molar-refractivity contribution < 1.29 is 9.21 Å². The van der Waals surface area contributed by atoms with Crippen LogP contribution in [-0.4, -0.2) is 36.6 Å². The van der Waals surface area contributed by atoms with E-state index >= 15 is 0 Å². The van der Waals surface area contributed by atoms with Crippen molar-refractivity contribution in [3.8, 4) is 0 Å². The van der Waals surface area contributed by atoms with Crippen molar-refractivity contribution in [1.82, 2.24) is 25.0 Å². The van der Waals surface area contributed by atoms with Gasteiger partial charge in [0.15, 0.2) is 5.13 Å². The second-order valence-electron chi connectivity index (χ2n) is 4.27. The number of nitrogens with zero attached hydrogens (tertiary/aromatic N) is 5. The molecule has 0 saturated heterocycles. The molecule has 0 aromatic carbocycles. The van der Waals surface area contributed by atoms with Crippen molar-refractivity contribution in [2.24, 2.45) is 0 Å². The smallest absolute Gasteiger partial charge is 0.277 e. The fourth-order valence-corrected chi connectivity index (χ4v) is 2.75. The Morgan fingerprint density at radius 3 is 3.09 bits per heavy atom. The first kappa shape index (κ1) is 14.7.